The maximum atomic E-state index is 10.2. The van der Waals surface area contributed by atoms with Crippen LogP contribution in [0.1, 0.15) is 31.2 Å². The third-order valence-corrected chi connectivity index (χ3v) is 4.49. The van der Waals surface area contributed by atoms with Crippen LogP contribution in [0.3, 0.4) is 0 Å². The lowest BCUT2D eigenvalue weighted by molar-refractivity contribution is 0.0732. The van der Waals surface area contributed by atoms with E-state index in [0.717, 1.165) is 24.2 Å². The Morgan fingerprint density at radius 2 is 1.81 bits per heavy atom. The smallest absolute Gasteiger partial charge is 0.0741 e. The van der Waals surface area contributed by atoms with E-state index >= 15 is 0 Å². The van der Waals surface area contributed by atoms with Gasteiger partial charge in [-0.3, -0.25) is 0 Å². The average Bonchev–Trinajstić information content (AvgIpc) is 2.75. The molecule has 0 aromatic heterocycles. The van der Waals surface area contributed by atoms with Crippen LogP contribution < -0.4 is 5.73 Å². The second-order valence-corrected chi connectivity index (χ2v) is 5.62. The largest absolute Gasteiger partial charge is 0.389 e. The summed E-state index contributed by atoms with van der Waals surface area (Å²) in [6, 6.07) is 8.29. The van der Waals surface area contributed by atoms with Crippen LogP contribution in [-0.2, 0) is 6.54 Å². The first-order chi connectivity index (χ1) is 7.72. The second-order valence-electron chi connectivity index (χ2n) is 4.57. The van der Waals surface area contributed by atoms with Crippen LogP contribution in [0.15, 0.2) is 29.2 Å². The van der Waals surface area contributed by atoms with Crippen LogP contribution in [-0.4, -0.2) is 16.5 Å². The Bertz CT molecular complexity index is 330. The van der Waals surface area contributed by atoms with Crippen LogP contribution in [0.2, 0.25) is 0 Å². The molecule has 1 aromatic carbocycles. The molecular formula is C13H19NOS. The molecule has 3 N–H and O–H groups in total. The quantitative estimate of drug-likeness (QED) is 0.791. The van der Waals surface area contributed by atoms with Gasteiger partial charge in [0.05, 0.1) is 5.60 Å². The lowest BCUT2D eigenvalue weighted by Crippen LogP contribution is -2.26. The predicted octanol–water partition coefficient (Wildman–Crippen LogP) is 2.54. The van der Waals surface area contributed by atoms with Crippen molar-refractivity contribution in [1.82, 2.24) is 0 Å². The number of hydrogen-bond acceptors (Lipinski definition) is 3. The van der Waals surface area contributed by atoms with Crippen molar-refractivity contribution < 1.29 is 5.11 Å². The Morgan fingerprint density at radius 3 is 2.38 bits per heavy atom. The van der Waals surface area contributed by atoms with Gasteiger partial charge in [0, 0.05) is 17.2 Å². The third-order valence-electron chi connectivity index (χ3n) is 3.20. The van der Waals surface area contributed by atoms with Gasteiger partial charge in [0.15, 0.2) is 0 Å². The zero-order valence-electron chi connectivity index (χ0n) is 9.48. The highest BCUT2D eigenvalue weighted by molar-refractivity contribution is 7.99. The van der Waals surface area contributed by atoms with E-state index in [0.29, 0.717) is 6.54 Å². The molecule has 3 heteroatoms. The topological polar surface area (TPSA) is 46.2 Å². The standard InChI is InChI=1S/C13H19NOS/c14-9-11-3-5-12(6-4-11)16-10-13(15)7-1-2-8-13/h3-6,15H,1-2,7-10,14H2. The molecule has 0 aliphatic heterocycles. The third kappa shape index (κ3) is 3.00. The molecule has 0 unspecified atom stereocenters. The van der Waals surface area contributed by atoms with Crippen LogP contribution in [0.4, 0.5) is 0 Å². The highest BCUT2D eigenvalue weighted by atomic mass is 32.2. The number of rotatable bonds is 4. The summed E-state index contributed by atoms with van der Waals surface area (Å²) in [5, 5.41) is 10.2. The minimum Gasteiger partial charge on any atom is -0.389 e. The van der Waals surface area contributed by atoms with Gasteiger partial charge < -0.3 is 10.8 Å². The summed E-state index contributed by atoms with van der Waals surface area (Å²) in [7, 11) is 0. The first kappa shape index (κ1) is 12.0. The van der Waals surface area contributed by atoms with Crippen molar-refractivity contribution in [2.45, 2.75) is 42.7 Å². The van der Waals surface area contributed by atoms with Crippen molar-refractivity contribution in [2.24, 2.45) is 5.73 Å². The van der Waals surface area contributed by atoms with Gasteiger partial charge in [0.2, 0.25) is 0 Å². The molecule has 0 bridgehead atoms. The molecule has 1 saturated carbocycles. The van der Waals surface area contributed by atoms with Crippen molar-refractivity contribution >= 4 is 11.8 Å². The van der Waals surface area contributed by atoms with Crippen LogP contribution >= 0.6 is 11.8 Å². The Kier molecular flexibility index (Phi) is 3.90. The first-order valence-corrected chi connectivity index (χ1v) is 6.85. The van der Waals surface area contributed by atoms with Gasteiger partial charge in [-0.25, -0.2) is 0 Å². The Balaban J connectivity index is 1.89. The Morgan fingerprint density at radius 1 is 1.19 bits per heavy atom. The minimum absolute atomic E-state index is 0.419. The summed E-state index contributed by atoms with van der Waals surface area (Å²) in [6.45, 7) is 0.592. The van der Waals surface area contributed by atoms with Gasteiger partial charge in [-0.1, -0.05) is 25.0 Å². The van der Waals surface area contributed by atoms with Crippen LogP contribution in [0.25, 0.3) is 0 Å². The minimum atomic E-state index is -0.419. The molecule has 2 rings (SSSR count). The fourth-order valence-electron chi connectivity index (χ4n) is 2.12. The Hall–Kier alpha value is -0.510. The van der Waals surface area contributed by atoms with Crippen molar-refractivity contribution in [2.75, 3.05) is 5.75 Å². The second kappa shape index (κ2) is 5.21. The molecule has 2 nitrogen and oxygen atoms in total. The van der Waals surface area contributed by atoms with E-state index in [-0.39, 0.29) is 0 Å². The van der Waals surface area contributed by atoms with E-state index in [1.165, 1.54) is 17.7 Å². The van der Waals surface area contributed by atoms with E-state index in [4.69, 9.17) is 5.73 Å². The van der Waals surface area contributed by atoms with E-state index < -0.39 is 5.60 Å². The maximum Gasteiger partial charge on any atom is 0.0741 e. The summed E-state index contributed by atoms with van der Waals surface area (Å²) < 4.78 is 0. The molecule has 88 valence electrons. The Labute approximate surface area is 101 Å². The number of thioether (sulfide) groups is 1. The predicted molar refractivity (Wildman–Crippen MR) is 68.5 cm³/mol. The van der Waals surface area contributed by atoms with E-state index in [1.54, 1.807) is 11.8 Å². The number of benzene rings is 1. The highest BCUT2D eigenvalue weighted by Gasteiger charge is 2.30. The van der Waals surface area contributed by atoms with Gasteiger partial charge in [-0.2, -0.15) is 0 Å². The molecule has 1 aromatic rings. The van der Waals surface area contributed by atoms with Gasteiger partial charge >= 0.3 is 0 Å². The maximum absolute atomic E-state index is 10.2. The van der Waals surface area contributed by atoms with E-state index in [2.05, 4.69) is 24.3 Å². The van der Waals surface area contributed by atoms with E-state index in [9.17, 15) is 5.11 Å². The molecule has 1 aliphatic carbocycles. The van der Waals surface area contributed by atoms with Gasteiger partial charge in [0.1, 0.15) is 0 Å². The van der Waals surface area contributed by atoms with Gasteiger partial charge in [0.25, 0.3) is 0 Å². The van der Waals surface area contributed by atoms with Crippen molar-refractivity contribution in [3.05, 3.63) is 29.8 Å². The lowest BCUT2D eigenvalue weighted by Gasteiger charge is -2.21. The molecular weight excluding hydrogens is 218 g/mol. The zero-order valence-corrected chi connectivity index (χ0v) is 10.3. The number of nitrogens with two attached hydrogens (primary N) is 1. The summed E-state index contributed by atoms with van der Waals surface area (Å²) in [6.07, 6.45) is 4.26. The molecule has 0 atom stereocenters. The normalized spacial score (nSPS) is 18.9. The summed E-state index contributed by atoms with van der Waals surface area (Å²) in [4.78, 5) is 1.22. The lowest BCUT2D eigenvalue weighted by atomic mass is 10.1. The van der Waals surface area contributed by atoms with Crippen molar-refractivity contribution in [3.8, 4) is 0 Å². The molecule has 0 heterocycles. The van der Waals surface area contributed by atoms with Crippen LogP contribution in [0, 0.1) is 0 Å². The monoisotopic (exact) mass is 237 g/mol. The number of aliphatic hydroxyl groups is 1. The summed E-state index contributed by atoms with van der Waals surface area (Å²) in [5.41, 5.74) is 6.28. The molecule has 0 saturated heterocycles. The molecule has 1 aliphatic rings. The van der Waals surface area contributed by atoms with Gasteiger partial charge in [-0.15, -0.1) is 11.8 Å². The summed E-state index contributed by atoms with van der Waals surface area (Å²) >= 11 is 1.74. The van der Waals surface area contributed by atoms with Crippen LogP contribution in [0.5, 0.6) is 0 Å². The van der Waals surface area contributed by atoms with Gasteiger partial charge in [-0.05, 0) is 30.5 Å². The van der Waals surface area contributed by atoms with E-state index in [1.807, 2.05) is 0 Å². The molecule has 0 spiro atoms. The SMILES string of the molecule is NCc1ccc(SCC2(O)CCCC2)cc1. The summed E-state index contributed by atoms with van der Waals surface area (Å²) in [5.74, 6) is 0.814. The highest BCUT2D eigenvalue weighted by Crippen LogP contribution is 2.34. The average molecular weight is 237 g/mol. The first-order valence-electron chi connectivity index (χ1n) is 5.86. The molecule has 16 heavy (non-hydrogen) atoms. The molecule has 0 radical (unpaired) electrons. The number of hydrogen-bond donors (Lipinski definition) is 2. The fourth-order valence-corrected chi connectivity index (χ4v) is 3.17. The molecule has 0 amide bonds. The van der Waals surface area contributed by atoms with Crippen molar-refractivity contribution in [3.63, 3.8) is 0 Å². The zero-order chi connectivity index (χ0) is 11.4. The molecule has 1 fully saturated rings. The fraction of sp³-hybridized carbons (Fsp3) is 0.538. The van der Waals surface area contributed by atoms with Crippen molar-refractivity contribution in [1.29, 1.82) is 0 Å².